The summed E-state index contributed by atoms with van der Waals surface area (Å²) in [5.41, 5.74) is 0. The van der Waals surface area contributed by atoms with Gasteiger partial charge in [0.1, 0.15) is 0 Å². The van der Waals surface area contributed by atoms with Crippen molar-refractivity contribution in [3.8, 4) is 0 Å². The minimum atomic E-state index is -8.76. The van der Waals surface area contributed by atoms with Gasteiger partial charge in [-0.25, -0.2) is 4.79 Å². The van der Waals surface area contributed by atoms with Crippen LogP contribution in [-0.2, 0) is 4.79 Å². The minimum absolute atomic E-state index is 0. The normalized spacial score (nSPS) is 15.8. The first kappa shape index (κ1) is 30.1. The molecule has 0 aromatic heterocycles. The fraction of sp³-hybridized carbons (Fsp3) is 0.889. The van der Waals surface area contributed by atoms with E-state index in [9.17, 15) is 79.4 Å². The summed E-state index contributed by atoms with van der Waals surface area (Å²) in [4.78, 5) is 9.77. The third-order valence-electron chi connectivity index (χ3n) is 2.99. The third-order valence-corrected chi connectivity index (χ3v) is 2.99. The minimum Gasteiger partial charge on any atom is -1.00 e. The summed E-state index contributed by atoms with van der Waals surface area (Å²) in [6.07, 6.45) is -7.83. The van der Waals surface area contributed by atoms with Gasteiger partial charge >= 0.3 is 72.5 Å². The predicted molar refractivity (Wildman–Crippen MR) is 49.4 cm³/mol. The molecule has 20 heteroatoms. The summed E-state index contributed by atoms with van der Waals surface area (Å²) in [5.74, 6) is -62.9. The van der Waals surface area contributed by atoms with Crippen molar-refractivity contribution in [3.05, 3.63) is 0 Å². The number of carboxylic acids is 1. The van der Waals surface area contributed by atoms with Crippen molar-refractivity contribution in [1.29, 1.82) is 0 Å². The fourth-order valence-electron chi connectivity index (χ4n) is 1.30. The Labute approximate surface area is 159 Å². The molecule has 0 unspecified atom stereocenters. The summed E-state index contributed by atoms with van der Waals surface area (Å²) in [6, 6.07) is 0. The van der Waals surface area contributed by atoms with E-state index in [1.807, 2.05) is 0 Å². The second-order valence-electron chi connectivity index (χ2n) is 4.82. The van der Waals surface area contributed by atoms with Crippen molar-refractivity contribution in [2.75, 3.05) is 0 Å². The number of rotatable bonds is 7. The van der Waals surface area contributed by atoms with Gasteiger partial charge in [-0.15, -0.1) is 0 Å². The Balaban J connectivity index is -0.00000364. The number of carboxylic acid groups (broad SMARTS) is 1. The molecule has 1 N–H and O–H groups in total. The molecule has 0 rings (SSSR count). The Bertz CT molecular complexity index is 627. The third kappa shape index (κ3) is 3.61. The summed E-state index contributed by atoms with van der Waals surface area (Å²) in [7, 11) is 0. The molecular formula is C9H2F17LiO2. The van der Waals surface area contributed by atoms with Crippen LogP contribution in [0.3, 0.4) is 0 Å². The van der Waals surface area contributed by atoms with Crippen LogP contribution in [0.5, 0.6) is 0 Å². The first-order chi connectivity index (χ1) is 11.7. The van der Waals surface area contributed by atoms with Gasteiger partial charge in [0.2, 0.25) is 0 Å². The van der Waals surface area contributed by atoms with Crippen LogP contribution in [0.15, 0.2) is 0 Å². The summed E-state index contributed by atoms with van der Waals surface area (Å²) < 4.78 is 214. The molecule has 0 heterocycles. The van der Waals surface area contributed by atoms with Gasteiger partial charge < -0.3 is 6.53 Å². The average molecular weight is 472 g/mol. The molecule has 0 aromatic rings. The molecule has 0 aliphatic heterocycles. The topological polar surface area (TPSA) is 37.3 Å². The van der Waals surface area contributed by atoms with Crippen molar-refractivity contribution in [3.63, 3.8) is 0 Å². The van der Waals surface area contributed by atoms with Crippen molar-refractivity contribution in [2.24, 2.45) is 0 Å². The predicted octanol–water partition coefficient (Wildman–Crippen LogP) is 2.20. The van der Waals surface area contributed by atoms with Crippen LogP contribution in [-0.4, -0.2) is 58.7 Å². The van der Waals surface area contributed by atoms with E-state index in [0.717, 1.165) is 0 Å². The quantitative estimate of drug-likeness (QED) is 0.456. The van der Waals surface area contributed by atoms with E-state index in [2.05, 4.69) is 0 Å². The number of hydrogen-bond acceptors (Lipinski definition) is 1. The largest absolute Gasteiger partial charge is 1.00 e. The van der Waals surface area contributed by atoms with Crippen molar-refractivity contribution >= 4 is 5.97 Å². The zero-order valence-corrected chi connectivity index (χ0v) is 12.8. The van der Waals surface area contributed by atoms with Crippen molar-refractivity contribution in [2.45, 2.75) is 47.6 Å². The molecule has 0 atom stereocenters. The second kappa shape index (κ2) is 7.23. The molecule has 0 aromatic carbocycles. The number of hydrogen-bond donors (Lipinski definition) is 1. The first-order valence-electron chi connectivity index (χ1n) is 5.64. The van der Waals surface area contributed by atoms with E-state index < -0.39 is 53.6 Å². The van der Waals surface area contributed by atoms with Gasteiger partial charge in [-0.1, -0.05) is 0 Å². The van der Waals surface area contributed by atoms with E-state index in [1.54, 1.807) is 0 Å². The Morgan fingerprint density at radius 1 is 0.483 bits per heavy atom. The molecule has 0 bridgehead atoms. The molecule has 0 amide bonds. The van der Waals surface area contributed by atoms with Gasteiger partial charge in [-0.2, -0.15) is 74.6 Å². The number of aliphatic carboxylic acids is 1. The standard InChI is InChI=1S/C9HF17O2.Li.H/c10-2(11,1(27)28)3(12,13)4(14,15)5(16,17)6(18,19)7(20,21)8(22,23)9(24,25)26;;/h(H,27,28);;/q;+1;-1. The van der Waals surface area contributed by atoms with Gasteiger partial charge in [-0.3, -0.25) is 0 Å². The summed E-state index contributed by atoms with van der Waals surface area (Å²) in [5, 5.41) is 7.59. The van der Waals surface area contributed by atoms with Gasteiger partial charge in [0, 0.05) is 0 Å². The summed E-state index contributed by atoms with van der Waals surface area (Å²) in [6.45, 7) is 0. The number of halogens is 17. The van der Waals surface area contributed by atoms with Crippen LogP contribution in [0.2, 0.25) is 0 Å². The molecule has 0 aliphatic rings. The summed E-state index contributed by atoms with van der Waals surface area (Å²) >= 11 is 0. The average Bonchev–Trinajstić information content (AvgIpc) is 2.44. The van der Waals surface area contributed by atoms with Crippen LogP contribution >= 0.6 is 0 Å². The number of alkyl halides is 17. The molecule has 29 heavy (non-hydrogen) atoms. The maximum atomic E-state index is 13.0. The molecule has 0 aliphatic carbocycles. The fourth-order valence-corrected chi connectivity index (χ4v) is 1.30. The van der Waals surface area contributed by atoms with Gasteiger partial charge in [0.05, 0.1) is 0 Å². The Hall–Kier alpha value is -1.12. The van der Waals surface area contributed by atoms with Gasteiger partial charge in [0.25, 0.3) is 0 Å². The van der Waals surface area contributed by atoms with E-state index in [1.165, 1.54) is 0 Å². The smallest absolute Gasteiger partial charge is 1.00 e. The van der Waals surface area contributed by atoms with Crippen LogP contribution in [0.4, 0.5) is 74.6 Å². The van der Waals surface area contributed by atoms with Crippen LogP contribution in [0.25, 0.3) is 0 Å². The van der Waals surface area contributed by atoms with Crippen molar-refractivity contribution < 1.29 is 105 Å². The Kier molecular flexibility index (Phi) is 7.50. The van der Waals surface area contributed by atoms with Crippen LogP contribution < -0.4 is 18.9 Å². The van der Waals surface area contributed by atoms with E-state index in [0.29, 0.717) is 0 Å². The SMILES string of the molecule is O=C(O)C(F)(F)C(F)(F)C(F)(F)C(F)(F)C(F)(F)C(F)(F)C(F)(F)C(F)(F)F.[H-].[Li+]. The Morgan fingerprint density at radius 2 is 0.690 bits per heavy atom. The number of carbonyl (C=O) groups is 1. The molecule has 170 valence electrons. The van der Waals surface area contributed by atoms with Crippen LogP contribution in [0, 0.1) is 0 Å². The maximum Gasteiger partial charge on any atom is 1.00 e. The molecule has 0 spiro atoms. The van der Waals surface area contributed by atoms with Gasteiger partial charge in [0.15, 0.2) is 0 Å². The maximum absolute atomic E-state index is 13.0. The zero-order valence-electron chi connectivity index (χ0n) is 13.8. The molecule has 0 radical (unpaired) electrons. The van der Waals surface area contributed by atoms with Gasteiger partial charge in [-0.05, 0) is 0 Å². The van der Waals surface area contributed by atoms with E-state index >= 15 is 0 Å². The monoisotopic (exact) mass is 472 g/mol. The molecule has 0 fully saturated rings. The zero-order chi connectivity index (χ0) is 23.6. The Morgan fingerprint density at radius 3 is 0.897 bits per heavy atom. The van der Waals surface area contributed by atoms with E-state index in [-0.39, 0.29) is 20.3 Å². The van der Waals surface area contributed by atoms with Crippen LogP contribution in [0.1, 0.15) is 1.43 Å². The molecule has 0 saturated heterocycles. The first-order valence-corrected chi connectivity index (χ1v) is 5.64. The molecule has 2 nitrogen and oxygen atoms in total. The van der Waals surface area contributed by atoms with E-state index in [4.69, 9.17) is 5.11 Å². The second-order valence-corrected chi connectivity index (χ2v) is 4.82. The molecule has 0 saturated carbocycles. The van der Waals surface area contributed by atoms with Crippen molar-refractivity contribution in [1.82, 2.24) is 0 Å². The molecular weight excluding hydrogens is 470 g/mol.